The highest BCUT2D eigenvalue weighted by atomic mass is 16.5. The van der Waals surface area contributed by atoms with E-state index in [4.69, 9.17) is 9.84 Å². The lowest BCUT2D eigenvalue weighted by molar-refractivity contribution is -0.155. The van der Waals surface area contributed by atoms with Crippen LogP contribution in [0.25, 0.3) is 0 Å². The first-order chi connectivity index (χ1) is 7.18. The van der Waals surface area contributed by atoms with Gasteiger partial charge in [-0.3, -0.25) is 9.59 Å². The number of rotatable bonds is 2. The Balaban J connectivity index is 1.80. The van der Waals surface area contributed by atoms with Gasteiger partial charge < -0.3 is 14.7 Å². The van der Waals surface area contributed by atoms with Crippen LogP contribution in [-0.2, 0) is 14.3 Å². The second-order valence-electron chi connectivity index (χ2n) is 4.17. The fourth-order valence-corrected chi connectivity index (χ4v) is 2.02. The van der Waals surface area contributed by atoms with Gasteiger partial charge in [-0.25, -0.2) is 0 Å². The normalized spacial score (nSPS) is 23.6. The highest BCUT2D eigenvalue weighted by Crippen LogP contribution is 2.23. The van der Waals surface area contributed by atoms with E-state index in [1.54, 1.807) is 4.90 Å². The van der Waals surface area contributed by atoms with E-state index in [0.29, 0.717) is 26.3 Å². The summed E-state index contributed by atoms with van der Waals surface area (Å²) >= 11 is 0. The predicted octanol–water partition coefficient (Wildman–Crippen LogP) is -0.0440. The van der Waals surface area contributed by atoms with Gasteiger partial charge in [-0.05, 0) is 12.8 Å². The highest BCUT2D eigenvalue weighted by Gasteiger charge is 2.38. The molecule has 0 aromatic rings. The van der Waals surface area contributed by atoms with Crippen molar-refractivity contribution in [1.82, 2.24) is 4.90 Å². The van der Waals surface area contributed by atoms with Crippen LogP contribution in [0.2, 0.25) is 0 Å². The summed E-state index contributed by atoms with van der Waals surface area (Å²) in [5.74, 6) is -0.996. The molecule has 5 nitrogen and oxygen atoms in total. The first kappa shape index (κ1) is 10.4. The third kappa shape index (κ3) is 2.12. The van der Waals surface area contributed by atoms with E-state index in [0.717, 1.165) is 12.8 Å². The summed E-state index contributed by atoms with van der Waals surface area (Å²) in [6, 6.07) is 0. The molecule has 2 rings (SSSR count). The van der Waals surface area contributed by atoms with Crippen molar-refractivity contribution in [1.29, 1.82) is 0 Å². The van der Waals surface area contributed by atoms with Gasteiger partial charge in [0.25, 0.3) is 0 Å². The van der Waals surface area contributed by atoms with Crippen LogP contribution in [0.5, 0.6) is 0 Å². The minimum absolute atomic E-state index is 0.0495. The number of likely N-dealkylation sites (tertiary alicyclic amines) is 1. The molecule has 84 valence electrons. The molecule has 2 fully saturated rings. The molecule has 0 aliphatic carbocycles. The summed E-state index contributed by atoms with van der Waals surface area (Å²) in [6.45, 7) is 2.05. The maximum absolute atomic E-state index is 11.8. The molecule has 5 heteroatoms. The van der Waals surface area contributed by atoms with Gasteiger partial charge in [0.1, 0.15) is 0 Å². The van der Waals surface area contributed by atoms with Crippen molar-refractivity contribution in [3.63, 3.8) is 0 Å². The summed E-state index contributed by atoms with van der Waals surface area (Å²) in [4.78, 5) is 24.0. The van der Waals surface area contributed by atoms with Crippen molar-refractivity contribution in [3.8, 4) is 0 Å². The monoisotopic (exact) mass is 213 g/mol. The lowest BCUT2D eigenvalue weighted by atomic mass is 9.93. The minimum atomic E-state index is -0.800. The Bertz CT molecular complexity index is 267. The van der Waals surface area contributed by atoms with E-state index < -0.39 is 5.97 Å². The van der Waals surface area contributed by atoms with Gasteiger partial charge in [0, 0.05) is 32.2 Å². The average Bonchev–Trinajstić information content (AvgIpc) is 2.16. The number of aliphatic carboxylic acids is 1. The largest absolute Gasteiger partial charge is 0.481 e. The number of carboxylic acid groups (broad SMARTS) is 1. The molecule has 0 saturated carbocycles. The van der Waals surface area contributed by atoms with E-state index in [1.165, 1.54) is 0 Å². The Labute approximate surface area is 88.0 Å². The zero-order valence-corrected chi connectivity index (χ0v) is 8.52. The molecular formula is C10H15NO4. The fourth-order valence-electron chi connectivity index (χ4n) is 2.02. The molecule has 0 bridgehead atoms. The van der Waals surface area contributed by atoms with Crippen molar-refractivity contribution < 1.29 is 19.4 Å². The summed E-state index contributed by atoms with van der Waals surface area (Å²) < 4.78 is 5.18. The number of ether oxygens (including phenoxy) is 1. The third-order valence-corrected chi connectivity index (χ3v) is 3.11. The molecule has 2 heterocycles. The molecule has 1 amide bonds. The van der Waals surface area contributed by atoms with Crippen LogP contribution in [0.15, 0.2) is 0 Å². The van der Waals surface area contributed by atoms with E-state index in [-0.39, 0.29) is 17.7 Å². The van der Waals surface area contributed by atoms with E-state index in [2.05, 4.69) is 0 Å². The standard InChI is InChI=1S/C10H15NO4/c12-9(7-1-3-15-4-2-7)11-5-8(6-11)10(13)14/h7-8H,1-6H2,(H,13,14). The third-order valence-electron chi connectivity index (χ3n) is 3.11. The molecule has 1 N–H and O–H groups in total. The van der Waals surface area contributed by atoms with Crippen LogP contribution in [0.4, 0.5) is 0 Å². The average molecular weight is 213 g/mol. The number of carbonyl (C=O) groups excluding carboxylic acids is 1. The topological polar surface area (TPSA) is 66.8 Å². The molecule has 0 spiro atoms. The van der Waals surface area contributed by atoms with Crippen molar-refractivity contribution in [2.45, 2.75) is 12.8 Å². The van der Waals surface area contributed by atoms with Crippen LogP contribution in [0.1, 0.15) is 12.8 Å². The van der Waals surface area contributed by atoms with E-state index in [9.17, 15) is 9.59 Å². The first-order valence-corrected chi connectivity index (χ1v) is 5.28. The summed E-state index contributed by atoms with van der Waals surface area (Å²) in [6.07, 6.45) is 1.54. The highest BCUT2D eigenvalue weighted by molar-refractivity contribution is 5.82. The molecule has 0 radical (unpaired) electrons. The van der Waals surface area contributed by atoms with Crippen molar-refractivity contribution >= 4 is 11.9 Å². The molecule has 2 aliphatic rings. The molecule has 2 aliphatic heterocycles. The number of nitrogens with zero attached hydrogens (tertiary/aromatic N) is 1. The Hall–Kier alpha value is -1.10. The lowest BCUT2D eigenvalue weighted by Gasteiger charge is -2.39. The maximum Gasteiger partial charge on any atom is 0.310 e. The van der Waals surface area contributed by atoms with E-state index >= 15 is 0 Å². The van der Waals surface area contributed by atoms with Gasteiger partial charge in [0.15, 0.2) is 0 Å². The predicted molar refractivity (Wildman–Crippen MR) is 51.2 cm³/mol. The molecule has 0 aromatic carbocycles. The zero-order chi connectivity index (χ0) is 10.8. The number of amides is 1. The summed E-state index contributed by atoms with van der Waals surface area (Å²) in [7, 11) is 0. The smallest absolute Gasteiger partial charge is 0.310 e. The zero-order valence-electron chi connectivity index (χ0n) is 8.52. The van der Waals surface area contributed by atoms with Gasteiger partial charge in [0.2, 0.25) is 5.91 Å². The molecule has 0 atom stereocenters. The maximum atomic E-state index is 11.8. The van der Waals surface area contributed by atoms with Crippen molar-refractivity contribution in [3.05, 3.63) is 0 Å². The van der Waals surface area contributed by atoms with Crippen LogP contribution in [0.3, 0.4) is 0 Å². The molecule has 2 saturated heterocycles. The molecule has 0 unspecified atom stereocenters. The van der Waals surface area contributed by atoms with Gasteiger partial charge in [0.05, 0.1) is 5.92 Å². The molecular weight excluding hydrogens is 198 g/mol. The van der Waals surface area contributed by atoms with Gasteiger partial charge >= 0.3 is 5.97 Å². The Morgan fingerprint density at radius 2 is 1.73 bits per heavy atom. The first-order valence-electron chi connectivity index (χ1n) is 5.28. The SMILES string of the molecule is O=C(O)C1CN(C(=O)C2CCOCC2)C1. The van der Waals surface area contributed by atoms with Crippen molar-refractivity contribution in [2.24, 2.45) is 11.8 Å². The van der Waals surface area contributed by atoms with Gasteiger partial charge in [-0.15, -0.1) is 0 Å². The Morgan fingerprint density at radius 3 is 2.27 bits per heavy atom. The number of carbonyl (C=O) groups is 2. The minimum Gasteiger partial charge on any atom is -0.481 e. The van der Waals surface area contributed by atoms with Crippen molar-refractivity contribution in [2.75, 3.05) is 26.3 Å². The number of hydrogen-bond acceptors (Lipinski definition) is 3. The Morgan fingerprint density at radius 1 is 1.13 bits per heavy atom. The second kappa shape index (κ2) is 4.18. The number of carboxylic acids is 1. The summed E-state index contributed by atoms with van der Waals surface area (Å²) in [5.41, 5.74) is 0. The quantitative estimate of drug-likeness (QED) is 0.698. The summed E-state index contributed by atoms with van der Waals surface area (Å²) in [5, 5.41) is 8.69. The van der Waals surface area contributed by atoms with Crippen LogP contribution < -0.4 is 0 Å². The Kier molecular flexibility index (Phi) is 2.90. The van der Waals surface area contributed by atoms with Crippen LogP contribution in [0, 0.1) is 11.8 Å². The number of hydrogen-bond donors (Lipinski definition) is 1. The molecule has 15 heavy (non-hydrogen) atoms. The second-order valence-corrected chi connectivity index (χ2v) is 4.17. The van der Waals surface area contributed by atoms with Crippen LogP contribution in [-0.4, -0.2) is 48.2 Å². The van der Waals surface area contributed by atoms with Crippen LogP contribution >= 0.6 is 0 Å². The van der Waals surface area contributed by atoms with E-state index in [1.807, 2.05) is 0 Å². The lowest BCUT2D eigenvalue weighted by Crippen LogP contribution is -2.55. The fraction of sp³-hybridized carbons (Fsp3) is 0.800. The molecule has 0 aromatic heterocycles. The van der Waals surface area contributed by atoms with Gasteiger partial charge in [-0.2, -0.15) is 0 Å². The van der Waals surface area contributed by atoms with Gasteiger partial charge in [-0.1, -0.05) is 0 Å².